The van der Waals surface area contributed by atoms with Gasteiger partial charge in [-0.05, 0) is 11.4 Å². The highest BCUT2D eigenvalue weighted by molar-refractivity contribution is 6.16. The maximum atomic E-state index is 6.07. The van der Waals surface area contributed by atoms with Crippen LogP contribution < -0.4 is 0 Å². The Bertz CT molecular complexity index is 137. The van der Waals surface area contributed by atoms with Crippen molar-refractivity contribution in [1.29, 1.82) is 0 Å². The van der Waals surface area contributed by atoms with E-state index in [-0.39, 0.29) is 5.31 Å². The first kappa shape index (κ1) is 10.6. The van der Waals surface area contributed by atoms with Gasteiger partial charge in [0.25, 0.3) is 0 Å². The molecule has 0 unspecified atom stereocenters. The normalized spacial score (nSPS) is 10.7. The Labute approximate surface area is 71.8 Å². The van der Waals surface area contributed by atoms with Gasteiger partial charge in [0.05, 0.1) is 7.85 Å². The molecule has 2 radical (unpaired) electrons. The third-order valence-corrected chi connectivity index (χ3v) is 1.82. The fraction of sp³-hybridized carbons (Fsp3) is 0.700. The Morgan fingerprint density at radius 1 is 1.36 bits per heavy atom. The predicted octanol–water partition coefficient (Wildman–Crippen LogP) is 3.25. The molecule has 0 saturated carbocycles. The van der Waals surface area contributed by atoms with Crippen LogP contribution in [0.4, 0.5) is 0 Å². The minimum atomic E-state index is -0.148. The Morgan fingerprint density at radius 2 is 1.82 bits per heavy atom. The third kappa shape index (κ3) is 4.11. The van der Waals surface area contributed by atoms with E-state index in [2.05, 4.69) is 26.2 Å². The quantitative estimate of drug-likeness (QED) is 0.414. The molecule has 0 aliphatic carbocycles. The van der Waals surface area contributed by atoms with Gasteiger partial charge < -0.3 is 0 Å². The molecule has 0 spiro atoms. The van der Waals surface area contributed by atoms with Crippen LogP contribution in [0.1, 0.15) is 39.5 Å². The predicted molar refractivity (Wildman–Crippen MR) is 52.0 cm³/mol. The summed E-state index contributed by atoms with van der Waals surface area (Å²) >= 11 is 0. The van der Waals surface area contributed by atoms with Crippen LogP contribution in [0.15, 0.2) is 18.4 Å². The summed E-state index contributed by atoms with van der Waals surface area (Å²) < 4.78 is 0. The average Bonchev–Trinajstić information content (AvgIpc) is 1.88. The first-order chi connectivity index (χ1) is 5.18. The molecule has 0 aromatic heterocycles. The number of rotatable bonds is 5. The van der Waals surface area contributed by atoms with Gasteiger partial charge in [0.1, 0.15) is 0 Å². The summed E-state index contributed by atoms with van der Waals surface area (Å²) in [6.45, 7) is 7.84. The van der Waals surface area contributed by atoms with Gasteiger partial charge in [-0.3, -0.25) is 0 Å². The van der Waals surface area contributed by atoms with Crippen LogP contribution in [0.2, 0.25) is 5.31 Å². The molecule has 0 aliphatic heterocycles. The second kappa shape index (κ2) is 5.26. The van der Waals surface area contributed by atoms with Crippen LogP contribution >= 0.6 is 0 Å². The number of hydrogen-bond donors (Lipinski definition) is 0. The minimum Gasteiger partial charge on any atom is -0.133 e. The summed E-state index contributed by atoms with van der Waals surface area (Å²) in [7, 11) is 6.07. The van der Waals surface area contributed by atoms with Crippen molar-refractivity contribution >= 4 is 7.85 Å². The molecule has 11 heavy (non-hydrogen) atoms. The van der Waals surface area contributed by atoms with Gasteiger partial charge in [-0.1, -0.05) is 46.1 Å². The molecular weight excluding hydrogens is 131 g/mol. The highest BCUT2D eigenvalue weighted by atomic mass is 14.2. The molecule has 0 bridgehead atoms. The van der Waals surface area contributed by atoms with E-state index >= 15 is 0 Å². The van der Waals surface area contributed by atoms with Crippen LogP contribution in [0.5, 0.6) is 0 Å². The summed E-state index contributed by atoms with van der Waals surface area (Å²) in [6.07, 6.45) is 6.20. The molecule has 0 rings (SSSR count). The van der Waals surface area contributed by atoms with E-state index in [1.54, 1.807) is 0 Å². The lowest BCUT2D eigenvalue weighted by atomic mass is 9.63. The number of allylic oxidation sites excluding steroid dienone is 1. The van der Waals surface area contributed by atoms with Crippen molar-refractivity contribution in [2.24, 2.45) is 0 Å². The fourth-order valence-corrected chi connectivity index (χ4v) is 1.40. The zero-order valence-electron chi connectivity index (χ0n) is 7.69. The van der Waals surface area contributed by atoms with Crippen molar-refractivity contribution in [1.82, 2.24) is 0 Å². The molecule has 0 aromatic carbocycles. The van der Waals surface area contributed by atoms with Gasteiger partial charge >= 0.3 is 0 Å². The Hall–Kier alpha value is -0.415. The van der Waals surface area contributed by atoms with Gasteiger partial charge in [-0.15, -0.1) is 5.73 Å². The van der Waals surface area contributed by atoms with E-state index in [1.165, 1.54) is 0 Å². The lowest BCUT2D eigenvalue weighted by Crippen LogP contribution is -2.08. The monoisotopic (exact) mass is 148 g/mol. The van der Waals surface area contributed by atoms with Gasteiger partial charge in [-0.25, -0.2) is 0 Å². The van der Waals surface area contributed by atoms with E-state index in [4.69, 9.17) is 7.85 Å². The molecule has 0 heterocycles. The number of hydrogen-bond acceptors (Lipinski definition) is 0. The van der Waals surface area contributed by atoms with Crippen molar-refractivity contribution in [3.8, 4) is 0 Å². The Kier molecular flexibility index (Phi) is 5.06. The molecule has 0 aliphatic rings. The summed E-state index contributed by atoms with van der Waals surface area (Å²) in [4.78, 5) is 0. The highest BCUT2D eigenvalue weighted by Gasteiger charge is 2.17. The average molecular weight is 148 g/mol. The first-order valence-electron chi connectivity index (χ1n) is 4.34. The molecule has 1 heteroatoms. The van der Waals surface area contributed by atoms with Gasteiger partial charge in [-0.2, -0.15) is 0 Å². The largest absolute Gasteiger partial charge is 0.133 e. The molecule has 0 atom stereocenters. The van der Waals surface area contributed by atoms with E-state index in [1.807, 2.05) is 6.08 Å². The van der Waals surface area contributed by atoms with Gasteiger partial charge in [0.2, 0.25) is 0 Å². The molecule has 0 amide bonds. The minimum absolute atomic E-state index is 0.148. The second-order valence-electron chi connectivity index (χ2n) is 3.08. The highest BCUT2D eigenvalue weighted by Crippen LogP contribution is 2.34. The van der Waals surface area contributed by atoms with E-state index < -0.39 is 0 Å². The standard InChI is InChI=1S/C10H17B/c1-4-7-10(11,8-5-2)9-6-3/h7H,1,5-6,8-9H2,2-3H3. The van der Waals surface area contributed by atoms with Crippen molar-refractivity contribution in [3.05, 3.63) is 18.4 Å². The molecule has 60 valence electrons. The second-order valence-corrected chi connectivity index (χ2v) is 3.08. The van der Waals surface area contributed by atoms with Crippen LogP contribution in [0.25, 0.3) is 0 Å². The van der Waals surface area contributed by atoms with E-state index in [9.17, 15) is 0 Å². The topological polar surface area (TPSA) is 0 Å². The van der Waals surface area contributed by atoms with Crippen molar-refractivity contribution in [2.45, 2.75) is 44.8 Å². The maximum Gasteiger partial charge on any atom is 0.0810 e. The van der Waals surface area contributed by atoms with E-state index in [0.717, 1.165) is 25.7 Å². The molecular formula is C10H17B. The maximum absolute atomic E-state index is 6.07. The van der Waals surface area contributed by atoms with Gasteiger partial charge in [0, 0.05) is 0 Å². The molecule has 0 aromatic rings. The SMILES string of the molecule is [B]C(C=C=C)(CCC)CCC. The van der Waals surface area contributed by atoms with Crippen LogP contribution in [-0.4, -0.2) is 7.85 Å². The molecule has 0 saturated heterocycles. The Morgan fingerprint density at radius 3 is 2.09 bits per heavy atom. The zero-order chi connectivity index (χ0) is 8.74. The smallest absolute Gasteiger partial charge is 0.0810 e. The van der Waals surface area contributed by atoms with Gasteiger partial charge in [0.15, 0.2) is 0 Å². The Balaban J connectivity index is 4.11. The fourth-order valence-electron chi connectivity index (χ4n) is 1.40. The molecule has 0 N–H and O–H groups in total. The molecule has 0 nitrogen and oxygen atoms in total. The summed E-state index contributed by atoms with van der Waals surface area (Å²) in [5, 5.41) is -0.148. The van der Waals surface area contributed by atoms with Crippen LogP contribution in [-0.2, 0) is 0 Å². The summed E-state index contributed by atoms with van der Waals surface area (Å²) in [6, 6.07) is 0. The van der Waals surface area contributed by atoms with Crippen LogP contribution in [0.3, 0.4) is 0 Å². The van der Waals surface area contributed by atoms with Crippen molar-refractivity contribution in [3.63, 3.8) is 0 Å². The lowest BCUT2D eigenvalue weighted by Gasteiger charge is -2.24. The zero-order valence-corrected chi connectivity index (χ0v) is 7.69. The third-order valence-electron chi connectivity index (χ3n) is 1.82. The molecule has 0 fully saturated rings. The van der Waals surface area contributed by atoms with Crippen molar-refractivity contribution < 1.29 is 0 Å². The lowest BCUT2D eigenvalue weighted by molar-refractivity contribution is 0.552. The summed E-state index contributed by atoms with van der Waals surface area (Å²) in [5.41, 5.74) is 2.78. The van der Waals surface area contributed by atoms with Crippen LogP contribution in [0, 0.1) is 0 Å². The van der Waals surface area contributed by atoms with Crippen molar-refractivity contribution in [2.75, 3.05) is 0 Å². The first-order valence-corrected chi connectivity index (χ1v) is 4.34. The van der Waals surface area contributed by atoms with E-state index in [0.29, 0.717) is 0 Å². The summed E-state index contributed by atoms with van der Waals surface area (Å²) in [5.74, 6) is 0.